The number of phenolic OH excluding ortho intramolecular Hbond substituents is 1. The Balaban J connectivity index is 2.38. The van der Waals surface area contributed by atoms with Crippen LogP contribution in [0.1, 0.15) is 40.9 Å². The van der Waals surface area contributed by atoms with Crippen molar-refractivity contribution in [2.45, 2.75) is 26.2 Å². The highest BCUT2D eigenvalue weighted by molar-refractivity contribution is 6.05. The summed E-state index contributed by atoms with van der Waals surface area (Å²) in [6.45, 7) is 3.28. The quantitative estimate of drug-likeness (QED) is 0.734. The molecule has 0 saturated carbocycles. The van der Waals surface area contributed by atoms with E-state index in [4.69, 9.17) is 5.73 Å². The topological polar surface area (TPSA) is 85.3 Å². The predicted octanol–water partition coefficient (Wildman–Crippen LogP) is 3.60. The van der Waals surface area contributed by atoms with Crippen LogP contribution in [-0.2, 0) is 4.79 Å². The number of halogens is 2. The lowest BCUT2D eigenvalue weighted by Crippen LogP contribution is -2.22. The standard InChI is InChI=1S/C20H18F2N2O3/c1-3-13(19(23)26)16-10(2)24(14-7-8-15(25)18(22)17(14)16)20(27)11-5-4-6-12(21)9-11/h4-9,13,25H,3H2,1-2H3,(H2,23,26). The van der Waals surface area contributed by atoms with Crippen LogP contribution in [0.5, 0.6) is 5.75 Å². The zero-order chi connectivity index (χ0) is 19.9. The Morgan fingerprint density at radius 1 is 1.22 bits per heavy atom. The molecular weight excluding hydrogens is 354 g/mol. The van der Waals surface area contributed by atoms with Crippen LogP contribution >= 0.6 is 0 Å². The van der Waals surface area contributed by atoms with Gasteiger partial charge in [-0.25, -0.2) is 8.78 Å². The number of carbonyl (C=O) groups is 2. The van der Waals surface area contributed by atoms with Crippen molar-refractivity contribution >= 4 is 22.7 Å². The monoisotopic (exact) mass is 372 g/mol. The lowest BCUT2D eigenvalue weighted by molar-refractivity contribution is -0.119. The van der Waals surface area contributed by atoms with Gasteiger partial charge in [0.2, 0.25) is 5.91 Å². The number of fused-ring (bicyclic) bond motifs is 1. The molecule has 0 aliphatic carbocycles. The molecule has 3 aromatic rings. The normalized spacial score (nSPS) is 12.3. The fourth-order valence-electron chi connectivity index (χ4n) is 3.47. The van der Waals surface area contributed by atoms with Crippen LogP contribution in [0.25, 0.3) is 10.9 Å². The number of rotatable bonds is 4. The first-order valence-electron chi connectivity index (χ1n) is 8.39. The van der Waals surface area contributed by atoms with Crippen molar-refractivity contribution in [3.63, 3.8) is 0 Å². The van der Waals surface area contributed by atoms with E-state index >= 15 is 0 Å². The van der Waals surface area contributed by atoms with E-state index in [2.05, 4.69) is 0 Å². The van der Waals surface area contributed by atoms with Crippen molar-refractivity contribution in [2.24, 2.45) is 5.73 Å². The van der Waals surface area contributed by atoms with Gasteiger partial charge in [0.05, 0.1) is 11.4 Å². The average Bonchev–Trinajstić information content (AvgIpc) is 2.91. The molecule has 0 aliphatic rings. The minimum Gasteiger partial charge on any atom is -0.505 e. The zero-order valence-electron chi connectivity index (χ0n) is 14.8. The number of nitrogens with zero attached hydrogens (tertiary/aromatic N) is 1. The van der Waals surface area contributed by atoms with E-state index in [9.17, 15) is 23.5 Å². The summed E-state index contributed by atoms with van der Waals surface area (Å²) in [6.07, 6.45) is 0.290. The molecule has 1 heterocycles. The minimum atomic E-state index is -0.934. The highest BCUT2D eigenvalue weighted by Gasteiger charge is 2.29. The molecule has 0 fully saturated rings. The predicted molar refractivity (Wildman–Crippen MR) is 96.7 cm³/mol. The fourth-order valence-corrected chi connectivity index (χ4v) is 3.47. The van der Waals surface area contributed by atoms with Crippen LogP contribution in [-0.4, -0.2) is 21.5 Å². The number of amides is 1. The maximum atomic E-state index is 14.8. The summed E-state index contributed by atoms with van der Waals surface area (Å²) in [5.74, 6) is -4.20. The first-order chi connectivity index (χ1) is 12.8. The van der Waals surface area contributed by atoms with Crippen molar-refractivity contribution in [3.05, 3.63) is 64.9 Å². The summed E-state index contributed by atoms with van der Waals surface area (Å²) >= 11 is 0. The molecule has 2 aromatic carbocycles. The molecule has 140 valence electrons. The van der Waals surface area contributed by atoms with Crippen LogP contribution in [0.2, 0.25) is 0 Å². The van der Waals surface area contributed by atoms with Gasteiger partial charge in [-0.15, -0.1) is 0 Å². The van der Waals surface area contributed by atoms with Gasteiger partial charge in [-0.1, -0.05) is 13.0 Å². The molecule has 0 radical (unpaired) electrons. The van der Waals surface area contributed by atoms with Gasteiger partial charge >= 0.3 is 0 Å². The Hall–Kier alpha value is -3.22. The number of hydrogen-bond donors (Lipinski definition) is 2. The third-order valence-corrected chi connectivity index (χ3v) is 4.71. The van der Waals surface area contributed by atoms with Crippen molar-refractivity contribution in [1.29, 1.82) is 0 Å². The van der Waals surface area contributed by atoms with E-state index in [-0.39, 0.29) is 22.0 Å². The molecule has 1 aromatic heterocycles. The maximum absolute atomic E-state index is 14.8. The Morgan fingerprint density at radius 3 is 2.52 bits per heavy atom. The molecule has 1 unspecified atom stereocenters. The van der Waals surface area contributed by atoms with Crippen molar-refractivity contribution in [3.8, 4) is 5.75 Å². The van der Waals surface area contributed by atoms with Crippen LogP contribution in [0, 0.1) is 18.6 Å². The third kappa shape index (κ3) is 2.95. The van der Waals surface area contributed by atoms with Gasteiger partial charge in [0, 0.05) is 16.6 Å². The van der Waals surface area contributed by atoms with E-state index in [0.29, 0.717) is 12.1 Å². The summed E-state index contributed by atoms with van der Waals surface area (Å²) < 4.78 is 29.5. The summed E-state index contributed by atoms with van der Waals surface area (Å²) in [7, 11) is 0. The van der Waals surface area contributed by atoms with Crippen LogP contribution < -0.4 is 5.73 Å². The van der Waals surface area contributed by atoms with Gasteiger partial charge in [-0.3, -0.25) is 14.2 Å². The van der Waals surface area contributed by atoms with Gasteiger partial charge in [0.15, 0.2) is 11.6 Å². The smallest absolute Gasteiger partial charge is 0.262 e. The van der Waals surface area contributed by atoms with Gasteiger partial charge in [0.1, 0.15) is 5.82 Å². The minimum absolute atomic E-state index is 0.0390. The van der Waals surface area contributed by atoms with E-state index in [1.807, 2.05) is 0 Å². The Morgan fingerprint density at radius 2 is 1.93 bits per heavy atom. The molecule has 0 saturated heterocycles. The summed E-state index contributed by atoms with van der Waals surface area (Å²) in [6, 6.07) is 7.64. The summed E-state index contributed by atoms with van der Waals surface area (Å²) in [5.41, 5.74) is 6.28. The third-order valence-electron chi connectivity index (χ3n) is 4.71. The van der Waals surface area contributed by atoms with Gasteiger partial charge < -0.3 is 10.8 Å². The van der Waals surface area contributed by atoms with Gasteiger partial charge in [-0.2, -0.15) is 0 Å². The number of primary amides is 1. The second-order valence-electron chi connectivity index (χ2n) is 6.31. The van der Waals surface area contributed by atoms with Gasteiger partial charge in [0.25, 0.3) is 5.91 Å². The molecule has 5 nitrogen and oxygen atoms in total. The molecule has 7 heteroatoms. The van der Waals surface area contributed by atoms with Crippen LogP contribution in [0.15, 0.2) is 36.4 Å². The maximum Gasteiger partial charge on any atom is 0.262 e. The van der Waals surface area contributed by atoms with Crippen LogP contribution in [0.3, 0.4) is 0 Å². The van der Waals surface area contributed by atoms with Crippen LogP contribution in [0.4, 0.5) is 8.78 Å². The molecule has 1 atom stereocenters. The molecule has 0 spiro atoms. The Labute approximate surface area is 154 Å². The van der Waals surface area contributed by atoms with Crippen molar-refractivity contribution < 1.29 is 23.5 Å². The molecule has 27 heavy (non-hydrogen) atoms. The van der Waals surface area contributed by atoms with E-state index < -0.39 is 35.1 Å². The van der Waals surface area contributed by atoms with Crippen molar-refractivity contribution in [2.75, 3.05) is 0 Å². The highest BCUT2D eigenvalue weighted by atomic mass is 19.1. The number of benzene rings is 2. The van der Waals surface area contributed by atoms with E-state index in [1.165, 1.54) is 28.8 Å². The number of hydrogen-bond acceptors (Lipinski definition) is 3. The average molecular weight is 372 g/mol. The largest absolute Gasteiger partial charge is 0.505 e. The molecule has 3 N–H and O–H groups in total. The summed E-state index contributed by atoms with van der Waals surface area (Å²) in [5, 5.41) is 9.75. The number of nitrogens with two attached hydrogens (primary N) is 1. The zero-order valence-corrected chi connectivity index (χ0v) is 14.8. The van der Waals surface area contributed by atoms with Crippen molar-refractivity contribution in [1.82, 2.24) is 4.57 Å². The molecular formula is C20H18F2N2O3. The van der Waals surface area contributed by atoms with E-state index in [0.717, 1.165) is 12.1 Å². The Bertz CT molecular complexity index is 1070. The second kappa shape index (κ2) is 6.83. The Kier molecular flexibility index (Phi) is 4.70. The highest BCUT2D eigenvalue weighted by Crippen LogP contribution is 2.38. The SMILES string of the molecule is CCC(C(N)=O)c1c(C)n(C(=O)c2cccc(F)c2)c2ccc(O)c(F)c12. The fraction of sp³-hybridized carbons (Fsp3) is 0.200. The summed E-state index contributed by atoms with van der Waals surface area (Å²) in [4.78, 5) is 24.9. The first-order valence-corrected chi connectivity index (χ1v) is 8.39. The lowest BCUT2D eigenvalue weighted by atomic mass is 9.93. The van der Waals surface area contributed by atoms with Gasteiger partial charge in [-0.05, 0) is 49.2 Å². The number of phenols is 1. The number of aromatic nitrogens is 1. The molecule has 0 bridgehead atoms. The number of aromatic hydroxyl groups is 1. The molecule has 1 amide bonds. The number of carbonyl (C=O) groups excluding carboxylic acids is 2. The second-order valence-corrected chi connectivity index (χ2v) is 6.31. The molecule has 0 aliphatic heterocycles. The first kappa shape index (κ1) is 18.6. The lowest BCUT2D eigenvalue weighted by Gasteiger charge is -2.13. The van der Waals surface area contributed by atoms with E-state index in [1.54, 1.807) is 13.8 Å². The molecule has 3 rings (SSSR count).